The Labute approximate surface area is 249 Å². The van der Waals surface area contributed by atoms with Crippen molar-refractivity contribution in [3.63, 3.8) is 0 Å². The molecule has 2 heterocycles. The van der Waals surface area contributed by atoms with Crippen LogP contribution < -0.4 is 10.1 Å². The number of fused-ring (bicyclic) bond motifs is 1. The number of unbranched alkanes of at least 4 members (excludes halogenated alkanes) is 1. The topological polar surface area (TPSA) is 78.3 Å². The maximum Gasteiger partial charge on any atom is 0.338 e. The van der Waals surface area contributed by atoms with Gasteiger partial charge in [-0.1, -0.05) is 96.9 Å². The molecular formula is C32H33ClN4O3S. The van der Waals surface area contributed by atoms with E-state index in [4.69, 9.17) is 31.2 Å². The molecule has 0 bridgehead atoms. The van der Waals surface area contributed by atoms with E-state index in [9.17, 15) is 4.79 Å². The van der Waals surface area contributed by atoms with Gasteiger partial charge in [0.05, 0.1) is 12.2 Å². The van der Waals surface area contributed by atoms with Crippen molar-refractivity contribution in [2.24, 2.45) is 0 Å². The number of halogens is 1. The molecule has 1 aliphatic rings. The third kappa shape index (κ3) is 6.94. The number of allylic oxidation sites excluding steroid dienone is 1. The SMILES string of the molecule is CCCCOC(=O)C1=C(C)Nc2nc(SCc3ccccc3Cl)nn2C1c1ccc(OCc2ccc(C)cc2)cc1. The van der Waals surface area contributed by atoms with Crippen LogP contribution in [0.1, 0.15) is 55.0 Å². The molecule has 3 aromatic carbocycles. The van der Waals surface area contributed by atoms with Gasteiger partial charge in [-0.25, -0.2) is 9.48 Å². The zero-order chi connectivity index (χ0) is 28.8. The highest BCUT2D eigenvalue weighted by Gasteiger charge is 2.35. The number of carbonyl (C=O) groups is 1. The van der Waals surface area contributed by atoms with Crippen LogP contribution in [-0.2, 0) is 21.9 Å². The maximum atomic E-state index is 13.4. The standard InChI is InChI=1S/C32H33ClN4O3S/c1-4-5-18-39-30(38)28-22(3)34-31-35-32(41-20-25-8-6-7-9-27(25)33)36-37(31)29(28)24-14-16-26(17-15-24)40-19-23-12-10-21(2)11-13-23/h6-17,29H,4-5,18-20H2,1-3H3,(H,34,35,36). The number of nitrogens with zero attached hydrogens (tertiary/aromatic N) is 3. The second-order valence-corrected chi connectivity index (χ2v) is 11.3. The summed E-state index contributed by atoms with van der Waals surface area (Å²) in [5.41, 5.74) is 5.40. The normalized spacial score (nSPS) is 14.4. The minimum absolute atomic E-state index is 0.362. The van der Waals surface area contributed by atoms with E-state index in [1.807, 2.05) is 55.5 Å². The first-order valence-electron chi connectivity index (χ1n) is 13.7. The minimum Gasteiger partial charge on any atom is -0.489 e. The second kappa shape index (κ2) is 13.3. The lowest BCUT2D eigenvalue weighted by atomic mass is 9.96. The number of anilines is 1. The number of benzene rings is 3. The number of hydrogen-bond acceptors (Lipinski definition) is 7. The number of rotatable bonds is 11. The third-order valence-electron chi connectivity index (χ3n) is 6.82. The molecule has 0 saturated heterocycles. The number of carbonyl (C=O) groups excluding carboxylic acids is 1. The molecular weight excluding hydrogens is 556 g/mol. The molecule has 1 atom stereocenters. The lowest BCUT2D eigenvalue weighted by Crippen LogP contribution is -2.29. The number of esters is 1. The highest BCUT2D eigenvalue weighted by atomic mass is 35.5. The minimum atomic E-state index is -0.506. The number of hydrogen-bond donors (Lipinski definition) is 1. The Bertz CT molecular complexity index is 1530. The zero-order valence-electron chi connectivity index (χ0n) is 23.4. The Hall–Kier alpha value is -3.75. The van der Waals surface area contributed by atoms with Crippen LogP contribution in [0.3, 0.4) is 0 Å². The van der Waals surface area contributed by atoms with Gasteiger partial charge in [-0.05, 0) is 55.2 Å². The van der Waals surface area contributed by atoms with Crippen molar-refractivity contribution in [2.45, 2.75) is 57.2 Å². The van der Waals surface area contributed by atoms with Crippen molar-refractivity contribution in [1.29, 1.82) is 0 Å². The van der Waals surface area contributed by atoms with E-state index < -0.39 is 6.04 Å². The van der Waals surface area contributed by atoms with Gasteiger partial charge in [0.25, 0.3) is 0 Å². The zero-order valence-corrected chi connectivity index (χ0v) is 25.0. The van der Waals surface area contributed by atoms with E-state index in [2.05, 4.69) is 43.4 Å². The summed E-state index contributed by atoms with van der Waals surface area (Å²) in [4.78, 5) is 18.1. The first kappa shape index (κ1) is 28.8. The van der Waals surface area contributed by atoms with Gasteiger partial charge < -0.3 is 14.8 Å². The molecule has 7 nitrogen and oxygen atoms in total. The Morgan fingerprint density at radius 1 is 1.05 bits per heavy atom. The lowest BCUT2D eigenvalue weighted by molar-refractivity contribution is -0.139. The van der Waals surface area contributed by atoms with Crippen LogP contribution in [0.5, 0.6) is 5.75 Å². The fraction of sp³-hybridized carbons (Fsp3) is 0.281. The Kier molecular flexibility index (Phi) is 9.31. The first-order chi connectivity index (χ1) is 19.9. The molecule has 1 unspecified atom stereocenters. The van der Waals surface area contributed by atoms with Crippen LogP contribution in [-0.4, -0.2) is 27.3 Å². The molecule has 1 aromatic heterocycles. The van der Waals surface area contributed by atoms with Gasteiger partial charge in [0, 0.05) is 16.5 Å². The number of aryl methyl sites for hydroxylation is 1. The van der Waals surface area contributed by atoms with Gasteiger partial charge in [0.15, 0.2) is 0 Å². The highest BCUT2D eigenvalue weighted by molar-refractivity contribution is 7.98. The summed E-state index contributed by atoms with van der Waals surface area (Å²) in [6, 6.07) is 23.3. The van der Waals surface area contributed by atoms with Crippen LogP contribution in [0.2, 0.25) is 5.02 Å². The molecule has 0 fully saturated rings. The maximum absolute atomic E-state index is 13.4. The fourth-order valence-corrected chi connectivity index (χ4v) is 5.62. The predicted molar refractivity (Wildman–Crippen MR) is 163 cm³/mol. The summed E-state index contributed by atoms with van der Waals surface area (Å²) >= 11 is 7.85. The van der Waals surface area contributed by atoms with Gasteiger partial charge in [-0.2, -0.15) is 4.98 Å². The summed E-state index contributed by atoms with van der Waals surface area (Å²) < 4.78 is 13.5. The summed E-state index contributed by atoms with van der Waals surface area (Å²) in [7, 11) is 0. The predicted octanol–water partition coefficient (Wildman–Crippen LogP) is 7.74. The van der Waals surface area contributed by atoms with Gasteiger partial charge >= 0.3 is 5.97 Å². The molecule has 0 aliphatic carbocycles. The van der Waals surface area contributed by atoms with E-state index in [-0.39, 0.29) is 5.97 Å². The molecule has 1 N–H and O–H groups in total. The summed E-state index contributed by atoms with van der Waals surface area (Å²) in [6.45, 7) is 6.84. The molecule has 0 radical (unpaired) electrons. The summed E-state index contributed by atoms with van der Waals surface area (Å²) in [5.74, 6) is 1.57. The van der Waals surface area contributed by atoms with Crippen LogP contribution in [0.25, 0.3) is 0 Å². The molecule has 41 heavy (non-hydrogen) atoms. The van der Waals surface area contributed by atoms with Crippen molar-refractivity contribution in [3.05, 3.63) is 111 Å². The van der Waals surface area contributed by atoms with Gasteiger partial charge in [0.1, 0.15) is 18.4 Å². The molecule has 5 rings (SSSR count). The van der Waals surface area contributed by atoms with Crippen molar-refractivity contribution in [1.82, 2.24) is 14.8 Å². The Balaban J connectivity index is 1.40. The average Bonchev–Trinajstić information content (AvgIpc) is 3.38. The Morgan fingerprint density at radius 3 is 2.54 bits per heavy atom. The number of aromatic nitrogens is 3. The van der Waals surface area contributed by atoms with Gasteiger partial charge in [-0.3, -0.25) is 0 Å². The molecule has 0 amide bonds. The quantitative estimate of drug-likeness (QED) is 0.109. The highest BCUT2D eigenvalue weighted by Crippen LogP contribution is 2.38. The van der Waals surface area contributed by atoms with Gasteiger partial charge in [-0.15, -0.1) is 5.10 Å². The molecule has 212 valence electrons. The van der Waals surface area contributed by atoms with E-state index in [0.717, 1.165) is 35.3 Å². The first-order valence-corrected chi connectivity index (χ1v) is 15.0. The monoisotopic (exact) mass is 588 g/mol. The molecule has 0 spiro atoms. The number of ether oxygens (including phenoxy) is 2. The average molecular weight is 589 g/mol. The van der Waals surface area contributed by atoms with Crippen molar-refractivity contribution < 1.29 is 14.3 Å². The van der Waals surface area contributed by atoms with Crippen molar-refractivity contribution >= 4 is 35.3 Å². The van der Waals surface area contributed by atoms with Gasteiger partial charge in [0.2, 0.25) is 11.1 Å². The number of thioether (sulfide) groups is 1. The fourth-order valence-electron chi connectivity index (χ4n) is 4.51. The van der Waals surface area contributed by atoms with E-state index in [1.54, 1.807) is 4.68 Å². The lowest BCUT2D eigenvalue weighted by Gasteiger charge is -2.28. The van der Waals surface area contributed by atoms with Crippen LogP contribution in [0, 0.1) is 6.92 Å². The largest absolute Gasteiger partial charge is 0.489 e. The third-order valence-corrected chi connectivity index (χ3v) is 8.08. The molecule has 4 aromatic rings. The number of nitrogens with one attached hydrogen (secondary N) is 1. The molecule has 9 heteroatoms. The van der Waals surface area contributed by atoms with Crippen molar-refractivity contribution in [2.75, 3.05) is 11.9 Å². The van der Waals surface area contributed by atoms with E-state index in [1.165, 1.54) is 17.3 Å². The van der Waals surface area contributed by atoms with Crippen LogP contribution in [0.15, 0.2) is 89.2 Å². The summed E-state index contributed by atoms with van der Waals surface area (Å²) in [6.07, 6.45) is 1.75. The molecule has 1 aliphatic heterocycles. The van der Waals surface area contributed by atoms with Crippen LogP contribution >= 0.6 is 23.4 Å². The van der Waals surface area contributed by atoms with Crippen LogP contribution in [0.4, 0.5) is 5.95 Å². The van der Waals surface area contributed by atoms with Crippen molar-refractivity contribution in [3.8, 4) is 5.75 Å². The Morgan fingerprint density at radius 2 is 1.80 bits per heavy atom. The van der Waals surface area contributed by atoms with E-state index >= 15 is 0 Å². The summed E-state index contributed by atoms with van der Waals surface area (Å²) in [5, 5.41) is 9.38. The molecule has 0 saturated carbocycles. The smallest absolute Gasteiger partial charge is 0.338 e. The van der Waals surface area contributed by atoms with E-state index in [0.29, 0.717) is 46.4 Å². The second-order valence-electron chi connectivity index (χ2n) is 9.94.